The Morgan fingerprint density at radius 2 is 1.83 bits per heavy atom. The Kier molecular flexibility index (Phi) is 6.93. The third-order valence-electron chi connectivity index (χ3n) is 6.42. The summed E-state index contributed by atoms with van der Waals surface area (Å²) < 4.78 is 42.9. The van der Waals surface area contributed by atoms with Crippen molar-refractivity contribution in [1.29, 1.82) is 0 Å². The van der Waals surface area contributed by atoms with Crippen LogP contribution < -0.4 is 20.3 Å². The number of H-pyrrole nitrogens is 1. The molecule has 4 heterocycles. The van der Waals surface area contributed by atoms with Crippen molar-refractivity contribution in [3.63, 3.8) is 0 Å². The Morgan fingerprint density at radius 1 is 1.00 bits per heavy atom. The number of fused-ring (bicyclic) bond motifs is 1. The van der Waals surface area contributed by atoms with Gasteiger partial charge >= 0.3 is 0 Å². The summed E-state index contributed by atoms with van der Waals surface area (Å²) in [5.74, 6) is -1.70. The molecule has 0 saturated heterocycles. The number of benzene rings is 2. The molecule has 4 aromatic heterocycles. The summed E-state index contributed by atoms with van der Waals surface area (Å²) in [5, 5.41) is 13.6. The molecule has 0 aliphatic rings. The fourth-order valence-electron chi connectivity index (χ4n) is 4.51. The lowest BCUT2D eigenvalue weighted by molar-refractivity contribution is 0.102. The number of aromatic amines is 1. The maximum atomic E-state index is 15.3. The Bertz CT molecular complexity index is 1970. The van der Waals surface area contributed by atoms with Gasteiger partial charge in [-0.05, 0) is 55.5 Å². The maximum Gasteiger partial charge on any atom is 0.271 e. The van der Waals surface area contributed by atoms with Gasteiger partial charge in [0.05, 0.1) is 19.0 Å². The lowest BCUT2D eigenvalue weighted by atomic mass is 10.1. The van der Waals surface area contributed by atoms with Crippen LogP contribution in [0.4, 0.5) is 14.5 Å². The van der Waals surface area contributed by atoms with Crippen LogP contribution in [0.2, 0.25) is 0 Å². The summed E-state index contributed by atoms with van der Waals surface area (Å²) in [6.07, 6.45) is 8.10. The number of nitrogens with one attached hydrogen (secondary N) is 2. The van der Waals surface area contributed by atoms with Crippen molar-refractivity contribution in [3.8, 4) is 34.1 Å². The first kappa shape index (κ1) is 26.4. The highest BCUT2D eigenvalue weighted by atomic mass is 19.1. The highest BCUT2D eigenvalue weighted by Gasteiger charge is 2.21. The summed E-state index contributed by atoms with van der Waals surface area (Å²) in [7, 11) is 0. The van der Waals surface area contributed by atoms with Crippen LogP contribution in [0.25, 0.3) is 22.3 Å². The van der Waals surface area contributed by atoms with Crippen LogP contribution in [0.1, 0.15) is 17.3 Å². The predicted molar refractivity (Wildman–Crippen MR) is 150 cm³/mol. The van der Waals surface area contributed by atoms with E-state index in [1.54, 1.807) is 36.1 Å². The van der Waals surface area contributed by atoms with Gasteiger partial charge in [-0.15, -0.1) is 0 Å². The molecule has 0 atom stereocenters. The largest absolute Gasteiger partial charge is 0.493 e. The molecule has 0 bridgehead atoms. The standard InChI is InChI=1S/C30H22F2N6O4/c1-2-41-25-11-13-37(21-6-3-19(31)4-7-21)30(40)27(25)29(39)36-20-5-8-24(23(32)15-20)42-26-9-12-35-38-14-10-22(28(26)38)18-16-33-34-17-18/h3-17H,2H2,1H3,(H,33,34)(H,36,39). The molecule has 0 aliphatic carbocycles. The number of hydrogen-bond donors (Lipinski definition) is 2. The Labute approximate surface area is 236 Å². The molecule has 0 saturated carbocycles. The summed E-state index contributed by atoms with van der Waals surface area (Å²) in [4.78, 5) is 26.6. The van der Waals surface area contributed by atoms with E-state index >= 15 is 4.39 Å². The SMILES string of the molecule is CCOc1ccn(-c2ccc(F)cc2)c(=O)c1C(=O)Nc1ccc(Oc2ccnn3ccc(-c4cn[nH]c4)c23)c(F)c1. The van der Waals surface area contributed by atoms with Crippen molar-refractivity contribution >= 4 is 17.1 Å². The fourth-order valence-corrected chi connectivity index (χ4v) is 4.51. The zero-order valence-corrected chi connectivity index (χ0v) is 22.0. The van der Waals surface area contributed by atoms with Crippen LogP contribution in [-0.4, -0.2) is 36.9 Å². The van der Waals surface area contributed by atoms with E-state index in [4.69, 9.17) is 9.47 Å². The van der Waals surface area contributed by atoms with E-state index in [9.17, 15) is 14.0 Å². The number of pyridine rings is 1. The van der Waals surface area contributed by atoms with Crippen LogP contribution in [0.3, 0.4) is 0 Å². The van der Waals surface area contributed by atoms with E-state index in [1.165, 1.54) is 59.4 Å². The highest BCUT2D eigenvalue weighted by molar-refractivity contribution is 6.06. The summed E-state index contributed by atoms with van der Waals surface area (Å²) >= 11 is 0. The van der Waals surface area contributed by atoms with Gasteiger partial charge in [-0.2, -0.15) is 10.2 Å². The van der Waals surface area contributed by atoms with Gasteiger partial charge in [0.25, 0.3) is 11.5 Å². The van der Waals surface area contributed by atoms with Crippen molar-refractivity contribution < 1.29 is 23.0 Å². The molecular formula is C30H22F2N6O4. The average Bonchev–Trinajstić information content (AvgIpc) is 3.66. The lowest BCUT2D eigenvalue weighted by Gasteiger charge is -2.14. The first-order valence-corrected chi connectivity index (χ1v) is 12.8. The number of nitrogens with zero attached hydrogens (tertiary/aromatic N) is 4. The molecule has 0 spiro atoms. The van der Waals surface area contributed by atoms with E-state index in [0.717, 1.165) is 17.2 Å². The molecule has 210 valence electrons. The second-order valence-electron chi connectivity index (χ2n) is 9.05. The number of carbonyl (C=O) groups is 1. The fraction of sp³-hybridized carbons (Fsp3) is 0.0667. The van der Waals surface area contributed by atoms with Crippen LogP contribution in [0.5, 0.6) is 17.2 Å². The number of halogens is 2. The predicted octanol–water partition coefficient (Wildman–Crippen LogP) is 5.60. The molecule has 2 N–H and O–H groups in total. The maximum absolute atomic E-state index is 15.3. The van der Waals surface area contributed by atoms with Gasteiger partial charge in [0.15, 0.2) is 17.3 Å². The van der Waals surface area contributed by atoms with E-state index in [1.807, 2.05) is 6.07 Å². The zero-order chi connectivity index (χ0) is 29.2. The molecule has 42 heavy (non-hydrogen) atoms. The third kappa shape index (κ3) is 4.96. The topological polar surface area (TPSA) is 116 Å². The van der Waals surface area contributed by atoms with Crippen LogP contribution >= 0.6 is 0 Å². The van der Waals surface area contributed by atoms with Crippen molar-refractivity contribution in [2.24, 2.45) is 0 Å². The van der Waals surface area contributed by atoms with Crippen molar-refractivity contribution in [2.45, 2.75) is 6.92 Å². The van der Waals surface area contributed by atoms with E-state index < -0.39 is 23.1 Å². The molecule has 1 amide bonds. The van der Waals surface area contributed by atoms with Gasteiger partial charge in [-0.3, -0.25) is 19.3 Å². The van der Waals surface area contributed by atoms with Crippen LogP contribution in [0.15, 0.2) is 96.4 Å². The van der Waals surface area contributed by atoms with Gasteiger partial charge < -0.3 is 14.8 Å². The van der Waals surface area contributed by atoms with Crippen molar-refractivity contribution in [1.82, 2.24) is 24.4 Å². The molecule has 10 nitrogen and oxygen atoms in total. The number of anilines is 1. The number of rotatable bonds is 8. The van der Waals surface area contributed by atoms with Crippen LogP contribution in [0, 0.1) is 11.6 Å². The van der Waals surface area contributed by atoms with Gasteiger partial charge in [0, 0.05) is 53.2 Å². The van der Waals surface area contributed by atoms with Gasteiger partial charge in [0.2, 0.25) is 0 Å². The number of aromatic nitrogens is 5. The average molecular weight is 569 g/mol. The monoisotopic (exact) mass is 568 g/mol. The number of carbonyl (C=O) groups excluding carboxylic acids is 1. The molecule has 6 aromatic rings. The molecule has 6 rings (SSSR count). The van der Waals surface area contributed by atoms with Crippen molar-refractivity contribution in [3.05, 3.63) is 119 Å². The van der Waals surface area contributed by atoms with E-state index in [-0.39, 0.29) is 29.4 Å². The Hall–Kier alpha value is -5.78. The second kappa shape index (κ2) is 11.0. The lowest BCUT2D eigenvalue weighted by Crippen LogP contribution is -2.29. The normalized spacial score (nSPS) is 11.0. The third-order valence-corrected chi connectivity index (χ3v) is 6.42. The summed E-state index contributed by atoms with van der Waals surface area (Å²) in [6.45, 7) is 1.91. The number of amides is 1. The van der Waals surface area contributed by atoms with Crippen LogP contribution in [-0.2, 0) is 0 Å². The first-order valence-electron chi connectivity index (χ1n) is 12.8. The molecular weight excluding hydrogens is 546 g/mol. The van der Waals surface area contributed by atoms with Gasteiger partial charge in [-0.25, -0.2) is 13.3 Å². The van der Waals surface area contributed by atoms with E-state index in [0.29, 0.717) is 17.0 Å². The highest BCUT2D eigenvalue weighted by Crippen LogP contribution is 2.35. The molecule has 0 aliphatic heterocycles. The summed E-state index contributed by atoms with van der Waals surface area (Å²) in [5.41, 5.74) is 1.67. The van der Waals surface area contributed by atoms with Crippen molar-refractivity contribution in [2.75, 3.05) is 11.9 Å². The Morgan fingerprint density at radius 3 is 2.57 bits per heavy atom. The smallest absolute Gasteiger partial charge is 0.271 e. The number of ether oxygens (including phenoxy) is 2. The molecule has 12 heteroatoms. The minimum atomic E-state index is -0.804. The molecule has 0 radical (unpaired) electrons. The minimum Gasteiger partial charge on any atom is -0.493 e. The first-order chi connectivity index (χ1) is 20.4. The number of hydrogen-bond acceptors (Lipinski definition) is 6. The molecule has 2 aromatic carbocycles. The zero-order valence-electron chi connectivity index (χ0n) is 22.0. The van der Waals surface area contributed by atoms with E-state index in [2.05, 4.69) is 20.6 Å². The van der Waals surface area contributed by atoms with Gasteiger partial charge in [-0.1, -0.05) is 0 Å². The van der Waals surface area contributed by atoms with Gasteiger partial charge in [0.1, 0.15) is 22.6 Å². The second-order valence-corrected chi connectivity index (χ2v) is 9.05. The minimum absolute atomic E-state index is 0.0566. The Balaban J connectivity index is 1.29. The molecule has 0 unspecified atom stereocenters. The quantitative estimate of drug-likeness (QED) is 0.247. The molecule has 0 fully saturated rings. The summed E-state index contributed by atoms with van der Waals surface area (Å²) in [6, 6.07) is 14.1.